The number of hydrogen-bond donors (Lipinski definition) is 2. The van der Waals surface area contributed by atoms with Gasteiger partial charge in [-0.25, -0.2) is 9.36 Å². The lowest BCUT2D eigenvalue weighted by Gasteiger charge is -2.17. The highest BCUT2D eigenvalue weighted by atomic mass is 16.5. The normalized spacial score (nSPS) is 16.1. The highest BCUT2D eigenvalue weighted by Gasteiger charge is 2.36. The van der Waals surface area contributed by atoms with Crippen LogP contribution in [0.25, 0.3) is 33.2 Å². The molecule has 4 aromatic carbocycles. The zero-order valence-electron chi connectivity index (χ0n) is 27.1. The van der Waals surface area contributed by atoms with Crippen LogP contribution in [0.2, 0.25) is 0 Å². The molecule has 0 amide bonds. The third kappa shape index (κ3) is 4.63. The van der Waals surface area contributed by atoms with E-state index in [1.165, 1.54) is 9.36 Å². The van der Waals surface area contributed by atoms with E-state index in [-0.39, 0.29) is 57.5 Å². The van der Waals surface area contributed by atoms with E-state index in [2.05, 4.69) is 12.1 Å². The SMILES string of the molecule is N#CC1=C(N)n2c(=O)c3ccccc3c(=O)n2C1c1ccc(OCCOc2ccc(C3C(C#N)=C(N)n4c(=O)c5ccccc5c(=O)n43)cc2)cc1. The maximum absolute atomic E-state index is 13.5. The van der Waals surface area contributed by atoms with Crippen molar-refractivity contribution in [3.05, 3.63) is 161 Å². The lowest BCUT2D eigenvalue weighted by molar-refractivity contribution is 0.217. The minimum atomic E-state index is -0.900. The Morgan fingerprint density at radius 3 is 1.17 bits per heavy atom. The summed E-state index contributed by atoms with van der Waals surface area (Å²) in [7, 11) is 0. The number of rotatable bonds is 7. The van der Waals surface area contributed by atoms with Crippen LogP contribution < -0.4 is 43.2 Å². The zero-order chi connectivity index (χ0) is 36.3. The van der Waals surface area contributed by atoms with Crippen molar-refractivity contribution in [3.8, 4) is 23.6 Å². The number of benzene rings is 4. The average Bonchev–Trinajstić information content (AvgIpc) is 3.65. The number of nitrogens with zero attached hydrogens (tertiary/aromatic N) is 6. The standard InChI is InChI=1S/C38H26N8O6/c39-19-29-31(43-35(47)25-5-1-3-7-27(25)37(49)45(43)33(29)41)21-9-13-23(14-10-21)51-17-18-52-24-15-11-22(12-16-24)32-30(20-40)34(42)46-38(50)28-8-4-2-6-26(28)36(48)44(32)46/h1-16,31-32H,17-18,41-42H2. The summed E-state index contributed by atoms with van der Waals surface area (Å²) in [5.41, 5.74) is 11.9. The fourth-order valence-corrected chi connectivity index (χ4v) is 6.90. The van der Waals surface area contributed by atoms with Gasteiger partial charge in [-0.05, 0) is 59.7 Å². The van der Waals surface area contributed by atoms with Crippen LogP contribution in [0.4, 0.5) is 0 Å². The predicted octanol–water partition coefficient (Wildman–Crippen LogP) is 2.61. The molecule has 2 aliphatic rings. The molecule has 0 saturated carbocycles. The monoisotopic (exact) mass is 690 g/mol. The first kappa shape index (κ1) is 31.7. The molecule has 2 aliphatic heterocycles. The van der Waals surface area contributed by atoms with E-state index in [0.717, 1.165) is 9.36 Å². The Hall–Kier alpha value is -7.58. The van der Waals surface area contributed by atoms with Crippen LogP contribution in [0.5, 0.6) is 11.5 Å². The Labute approximate surface area is 292 Å². The Kier molecular flexibility index (Phi) is 7.36. The minimum Gasteiger partial charge on any atom is -0.490 e. The van der Waals surface area contributed by atoms with E-state index < -0.39 is 34.3 Å². The van der Waals surface area contributed by atoms with E-state index >= 15 is 0 Å². The third-order valence-corrected chi connectivity index (χ3v) is 9.31. The van der Waals surface area contributed by atoms with Gasteiger partial charge in [0.25, 0.3) is 22.2 Å². The average molecular weight is 691 g/mol. The molecular formula is C38H26N8O6. The van der Waals surface area contributed by atoms with Gasteiger partial charge in [0.2, 0.25) is 0 Å². The summed E-state index contributed by atoms with van der Waals surface area (Å²) >= 11 is 0. The van der Waals surface area contributed by atoms with Gasteiger partial charge in [-0.1, -0.05) is 48.5 Å². The second-order valence-electron chi connectivity index (χ2n) is 12.1. The first-order valence-electron chi connectivity index (χ1n) is 16.0. The van der Waals surface area contributed by atoms with E-state index in [1.807, 2.05) is 0 Å². The Bertz CT molecular complexity index is 2680. The van der Waals surface area contributed by atoms with Gasteiger partial charge in [0, 0.05) is 0 Å². The summed E-state index contributed by atoms with van der Waals surface area (Å²) in [6, 6.07) is 28.8. The maximum atomic E-state index is 13.5. The molecule has 2 aromatic heterocycles. The lowest BCUT2D eigenvalue weighted by atomic mass is 10.0. The molecule has 0 bridgehead atoms. The molecule has 14 nitrogen and oxygen atoms in total. The molecule has 2 unspecified atom stereocenters. The molecule has 8 rings (SSSR count). The first-order valence-corrected chi connectivity index (χ1v) is 16.0. The quantitative estimate of drug-likeness (QED) is 0.234. The van der Waals surface area contributed by atoms with Crippen molar-refractivity contribution in [2.45, 2.75) is 12.1 Å². The Balaban J connectivity index is 0.965. The van der Waals surface area contributed by atoms with Crippen LogP contribution in [-0.2, 0) is 0 Å². The lowest BCUT2D eigenvalue weighted by Crippen LogP contribution is -2.38. The van der Waals surface area contributed by atoms with Gasteiger partial charge in [0.15, 0.2) is 0 Å². The highest BCUT2D eigenvalue weighted by Crippen LogP contribution is 2.34. The number of hydrogen-bond acceptors (Lipinski definition) is 10. The van der Waals surface area contributed by atoms with Crippen molar-refractivity contribution >= 4 is 33.2 Å². The van der Waals surface area contributed by atoms with Gasteiger partial charge in [-0.2, -0.15) is 19.9 Å². The van der Waals surface area contributed by atoms with Crippen LogP contribution in [-0.4, -0.2) is 31.9 Å². The van der Waals surface area contributed by atoms with Gasteiger partial charge in [-0.15, -0.1) is 0 Å². The smallest absolute Gasteiger partial charge is 0.279 e. The summed E-state index contributed by atoms with van der Waals surface area (Å²) in [6.45, 7) is 0.341. The number of fused-ring (bicyclic) bond motifs is 4. The minimum absolute atomic E-state index is 0.0811. The van der Waals surface area contributed by atoms with Gasteiger partial charge in [0.05, 0.1) is 21.5 Å². The first-order chi connectivity index (χ1) is 25.2. The number of allylic oxidation sites excluding steroid dienone is 2. The fraction of sp³-hybridized carbons (Fsp3) is 0.105. The van der Waals surface area contributed by atoms with Crippen LogP contribution in [0, 0.1) is 22.7 Å². The van der Waals surface area contributed by atoms with Gasteiger partial charge in [0.1, 0.15) is 71.7 Å². The third-order valence-electron chi connectivity index (χ3n) is 9.31. The second kappa shape index (κ2) is 12.1. The van der Waals surface area contributed by atoms with Crippen LogP contribution in [0.3, 0.4) is 0 Å². The molecule has 6 aromatic rings. The second-order valence-corrected chi connectivity index (χ2v) is 12.1. The van der Waals surface area contributed by atoms with E-state index in [1.54, 1.807) is 97.1 Å². The number of nitrogens with two attached hydrogens (primary N) is 2. The topological polar surface area (TPSA) is 206 Å². The van der Waals surface area contributed by atoms with E-state index in [4.69, 9.17) is 20.9 Å². The molecule has 2 atom stereocenters. The summed E-state index contributed by atoms with van der Waals surface area (Å²) in [5, 5.41) is 20.8. The molecule has 0 fully saturated rings. The Morgan fingerprint density at radius 2 is 0.846 bits per heavy atom. The van der Waals surface area contributed by atoms with Crippen molar-refractivity contribution in [2.24, 2.45) is 11.5 Å². The van der Waals surface area contributed by atoms with Crippen LogP contribution in [0.15, 0.2) is 127 Å². The van der Waals surface area contributed by atoms with Crippen molar-refractivity contribution < 1.29 is 9.47 Å². The van der Waals surface area contributed by atoms with Crippen LogP contribution in [0.1, 0.15) is 23.2 Å². The number of aromatic nitrogens is 4. The number of ether oxygens (including phenoxy) is 2. The molecule has 4 heterocycles. The molecule has 254 valence electrons. The van der Waals surface area contributed by atoms with E-state index in [9.17, 15) is 29.7 Å². The predicted molar refractivity (Wildman–Crippen MR) is 191 cm³/mol. The maximum Gasteiger partial charge on any atom is 0.279 e. The number of nitriles is 2. The van der Waals surface area contributed by atoms with Gasteiger partial charge >= 0.3 is 0 Å². The van der Waals surface area contributed by atoms with Crippen molar-refractivity contribution in [2.75, 3.05) is 13.2 Å². The van der Waals surface area contributed by atoms with Crippen LogP contribution >= 0.6 is 0 Å². The Morgan fingerprint density at radius 1 is 0.519 bits per heavy atom. The molecule has 14 heteroatoms. The van der Waals surface area contributed by atoms with E-state index in [0.29, 0.717) is 22.6 Å². The zero-order valence-corrected chi connectivity index (χ0v) is 27.1. The summed E-state index contributed by atoms with van der Waals surface area (Å²) in [4.78, 5) is 53.5. The molecule has 4 N–H and O–H groups in total. The van der Waals surface area contributed by atoms with Crippen molar-refractivity contribution in [3.63, 3.8) is 0 Å². The summed E-state index contributed by atoms with van der Waals surface area (Å²) < 4.78 is 16.3. The molecule has 0 saturated heterocycles. The molecule has 0 radical (unpaired) electrons. The van der Waals surface area contributed by atoms with Gasteiger partial charge in [-0.3, -0.25) is 19.2 Å². The molecule has 0 spiro atoms. The highest BCUT2D eigenvalue weighted by molar-refractivity contribution is 5.83. The fourth-order valence-electron chi connectivity index (χ4n) is 6.90. The van der Waals surface area contributed by atoms with Crippen molar-refractivity contribution in [1.82, 2.24) is 18.7 Å². The summed E-state index contributed by atoms with van der Waals surface area (Å²) in [6.07, 6.45) is 0. The largest absolute Gasteiger partial charge is 0.490 e. The molecule has 52 heavy (non-hydrogen) atoms. The molecule has 0 aliphatic carbocycles. The van der Waals surface area contributed by atoms with Crippen molar-refractivity contribution in [1.29, 1.82) is 10.5 Å². The molecular weight excluding hydrogens is 664 g/mol. The summed E-state index contributed by atoms with van der Waals surface area (Å²) in [5.74, 6) is 0.813. The van der Waals surface area contributed by atoms with Gasteiger partial charge < -0.3 is 20.9 Å².